The van der Waals surface area contributed by atoms with E-state index in [1.165, 1.54) is 24.0 Å². The van der Waals surface area contributed by atoms with Crippen molar-refractivity contribution in [2.45, 2.75) is 50.2 Å². The molecular weight excluding hydrogens is 380 g/mol. The molecule has 3 atom stereocenters. The van der Waals surface area contributed by atoms with E-state index in [0.717, 1.165) is 24.7 Å². The lowest BCUT2D eigenvalue weighted by Gasteiger charge is -2.30. The Labute approximate surface area is 168 Å². The van der Waals surface area contributed by atoms with Crippen molar-refractivity contribution < 1.29 is 13.6 Å². The van der Waals surface area contributed by atoms with Crippen LogP contribution in [-0.4, -0.2) is 15.0 Å². The first-order valence-corrected chi connectivity index (χ1v) is 11.0. The summed E-state index contributed by atoms with van der Waals surface area (Å²) in [5.74, 6) is 0.170. The van der Waals surface area contributed by atoms with E-state index in [9.17, 15) is 13.6 Å². The second kappa shape index (κ2) is 9.13. The zero-order valence-corrected chi connectivity index (χ0v) is 17.0. The van der Waals surface area contributed by atoms with Gasteiger partial charge in [0.15, 0.2) is 0 Å². The highest BCUT2D eigenvalue weighted by Gasteiger charge is 2.33. The van der Waals surface area contributed by atoms with Crippen molar-refractivity contribution in [2.75, 3.05) is 0 Å². The van der Waals surface area contributed by atoms with Crippen molar-refractivity contribution in [1.29, 1.82) is 0 Å². The van der Waals surface area contributed by atoms with Crippen LogP contribution in [0, 0.1) is 12.8 Å². The van der Waals surface area contributed by atoms with Crippen LogP contribution in [0.1, 0.15) is 59.8 Å². The van der Waals surface area contributed by atoms with Gasteiger partial charge in [-0.05, 0) is 48.4 Å². The fraction of sp³-hybridized carbons (Fsp3) is 0.409. The minimum Gasteiger partial charge on any atom is -0.772 e. The van der Waals surface area contributed by atoms with E-state index >= 15 is 0 Å². The van der Waals surface area contributed by atoms with Crippen LogP contribution in [-0.2, 0) is 21.6 Å². The number of halogens is 1. The summed E-state index contributed by atoms with van der Waals surface area (Å²) in [7, 11) is 0. The third kappa shape index (κ3) is 4.87. The SMILES string of the molecule is Cc1cccc([C@H](C2CCCC2)[C@@H](C=O)c2ccc(CS(=O)[O-])c(Cl)c2)c1. The Kier molecular flexibility index (Phi) is 6.85. The number of hydrogen-bond donors (Lipinski definition) is 0. The van der Waals surface area contributed by atoms with Crippen LogP contribution < -0.4 is 0 Å². The minimum atomic E-state index is -2.19. The summed E-state index contributed by atoms with van der Waals surface area (Å²) in [6.45, 7) is 2.07. The molecule has 1 fully saturated rings. The van der Waals surface area contributed by atoms with Crippen molar-refractivity contribution in [2.24, 2.45) is 5.92 Å². The van der Waals surface area contributed by atoms with Gasteiger partial charge in [-0.25, -0.2) is 0 Å². The van der Waals surface area contributed by atoms with E-state index < -0.39 is 11.1 Å². The maximum Gasteiger partial charge on any atom is 0.128 e. The van der Waals surface area contributed by atoms with Gasteiger partial charge in [0.05, 0.1) is 0 Å². The van der Waals surface area contributed by atoms with Gasteiger partial charge in [0, 0.05) is 22.6 Å². The van der Waals surface area contributed by atoms with Gasteiger partial charge in [-0.3, -0.25) is 4.21 Å². The van der Waals surface area contributed by atoms with Crippen molar-refractivity contribution in [1.82, 2.24) is 0 Å². The molecule has 0 heterocycles. The molecule has 27 heavy (non-hydrogen) atoms. The van der Waals surface area contributed by atoms with Gasteiger partial charge < -0.3 is 9.35 Å². The highest BCUT2D eigenvalue weighted by atomic mass is 35.5. The van der Waals surface area contributed by atoms with Gasteiger partial charge >= 0.3 is 0 Å². The van der Waals surface area contributed by atoms with Crippen molar-refractivity contribution in [3.63, 3.8) is 0 Å². The zero-order chi connectivity index (χ0) is 19.4. The Morgan fingerprint density at radius 2 is 1.93 bits per heavy atom. The van der Waals surface area contributed by atoms with Gasteiger partial charge in [0.1, 0.15) is 6.29 Å². The predicted molar refractivity (Wildman–Crippen MR) is 109 cm³/mol. The molecule has 0 saturated heterocycles. The monoisotopic (exact) mass is 403 g/mol. The topological polar surface area (TPSA) is 57.2 Å². The molecule has 5 heteroatoms. The lowest BCUT2D eigenvalue weighted by molar-refractivity contribution is -0.109. The van der Waals surface area contributed by atoms with Crippen molar-refractivity contribution in [3.8, 4) is 0 Å². The van der Waals surface area contributed by atoms with Crippen LogP contribution in [0.4, 0.5) is 0 Å². The predicted octanol–water partition coefficient (Wildman–Crippen LogP) is 5.28. The van der Waals surface area contributed by atoms with E-state index in [0.29, 0.717) is 16.5 Å². The van der Waals surface area contributed by atoms with E-state index in [1.54, 1.807) is 12.1 Å². The Morgan fingerprint density at radius 1 is 1.19 bits per heavy atom. The number of rotatable bonds is 7. The Bertz CT molecular complexity index is 830. The van der Waals surface area contributed by atoms with E-state index in [4.69, 9.17) is 11.6 Å². The summed E-state index contributed by atoms with van der Waals surface area (Å²) in [6.07, 6.45) is 5.69. The summed E-state index contributed by atoms with van der Waals surface area (Å²) in [6, 6.07) is 13.8. The highest BCUT2D eigenvalue weighted by molar-refractivity contribution is 7.78. The quantitative estimate of drug-likeness (QED) is 0.466. The molecule has 0 spiro atoms. The average molecular weight is 404 g/mol. The lowest BCUT2D eigenvalue weighted by atomic mass is 9.73. The normalized spacial score (nSPS) is 18.2. The van der Waals surface area contributed by atoms with Crippen LogP contribution in [0.3, 0.4) is 0 Å². The first kappa shape index (κ1) is 20.2. The molecule has 3 nitrogen and oxygen atoms in total. The fourth-order valence-electron chi connectivity index (χ4n) is 4.35. The molecule has 1 aliphatic carbocycles. The van der Waals surface area contributed by atoms with Crippen LogP contribution in [0.25, 0.3) is 0 Å². The second-order valence-electron chi connectivity index (χ2n) is 7.45. The highest BCUT2D eigenvalue weighted by Crippen LogP contribution is 2.45. The van der Waals surface area contributed by atoms with E-state index in [1.807, 2.05) is 12.1 Å². The fourth-order valence-corrected chi connectivity index (χ4v) is 5.19. The molecule has 1 aliphatic rings. The van der Waals surface area contributed by atoms with Gasteiger partial charge in [0.25, 0.3) is 0 Å². The first-order chi connectivity index (χ1) is 13.0. The minimum absolute atomic E-state index is 0.112. The maximum absolute atomic E-state index is 12.2. The molecule has 0 bridgehead atoms. The summed E-state index contributed by atoms with van der Waals surface area (Å²) in [5, 5.41) is 0.401. The molecule has 2 aromatic carbocycles. The molecule has 3 rings (SSSR count). The van der Waals surface area contributed by atoms with Gasteiger partial charge in [-0.1, -0.05) is 77.5 Å². The molecule has 144 valence electrons. The van der Waals surface area contributed by atoms with Crippen LogP contribution in [0.15, 0.2) is 42.5 Å². The number of hydrogen-bond acceptors (Lipinski definition) is 3. The van der Waals surface area contributed by atoms with E-state index in [-0.39, 0.29) is 17.6 Å². The molecule has 0 N–H and O–H groups in total. The van der Waals surface area contributed by atoms with Crippen molar-refractivity contribution in [3.05, 3.63) is 69.7 Å². The van der Waals surface area contributed by atoms with Gasteiger partial charge in [-0.2, -0.15) is 0 Å². The third-order valence-corrected chi connectivity index (χ3v) is 6.50. The second-order valence-corrected chi connectivity index (χ2v) is 8.75. The van der Waals surface area contributed by atoms with Gasteiger partial charge in [-0.15, -0.1) is 0 Å². The average Bonchev–Trinajstić information content (AvgIpc) is 3.15. The first-order valence-electron chi connectivity index (χ1n) is 9.35. The Hall–Kier alpha value is -1.49. The summed E-state index contributed by atoms with van der Waals surface area (Å²) >= 11 is 4.13. The zero-order valence-electron chi connectivity index (χ0n) is 15.4. The number of benzene rings is 2. The molecule has 1 saturated carbocycles. The summed E-state index contributed by atoms with van der Waals surface area (Å²) in [4.78, 5) is 12.2. The molecule has 2 aromatic rings. The Morgan fingerprint density at radius 3 is 2.52 bits per heavy atom. The molecule has 0 radical (unpaired) electrons. The van der Waals surface area contributed by atoms with Crippen LogP contribution >= 0.6 is 11.6 Å². The molecule has 0 aromatic heterocycles. The Balaban J connectivity index is 2.00. The standard InChI is InChI=1S/C22H25ClO3S/c1-15-5-4-8-18(11-15)22(16-6-2-3-7-16)20(13-24)17-9-10-19(14-27(25)26)21(23)12-17/h4-5,8-13,16,20,22H,2-3,6-7,14H2,1H3,(H,25,26)/p-1/t20-,22-/m0/s1. The molecular formula is C22H24ClO3S-. The number of carbonyl (C=O) groups is 1. The van der Waals surface area contributed by atoms with Crippen molar-refractivity contribution >= 4 is 29.0 Å². The molecule has 0 aliphatic heterocycles. The summed E-state index contributed by atoms with van der Waals surface area (Å²) in [5.41, 5.74) is 3.80. The summed E-state index contributed by atoms with van der Waals surface area (Å²) < 4.78 is 22.0. The number of aldehydes is 1. The number of carbonyl (C=O) groups excluding carboxylic acids is 1. The van der Waals surface area contributed by atoms with Crippen LogP contribution in [0.5, 0.6) is 0 Å². The van der Waals surface area contributed by atoms with Crippen LogP contribution in [0.2, 0.25) is 5.02 Å². The smallest absolute Gasteiger partial charge is 0.128 e. The number of aryl methyl sites for hydroxylation is 1. The van der Waals surface area contributed by atoms with E-state index in [2.05, 4.69) is 25.1 Å². The van der Waals surface area contributed by atoms with Gasteiger partial charge in [0.2, 0.25) is 0 Å². The third-order valence-electron chi connectivity index (χ3n) is 5.60. The molecule has 0 amide bonds. The molecule has 1 unspecified atom stereocenters. The lowest BCUT2D eigenvalue weighted by Crippen LogP contribution is -2.20. The largest absolute Gasteiger partial charge is 0.772 e. The maximum atomic E-state index is 12.2.